The molecular formula is C17H25NO3S. The van der Waals surface area contributed by atoms with Gasteiger partial charge in [-0.25, -0.2) is 0 Å². The highest BCUT2D eigenvalue weighted by Crippen LogP contribution is 2.23. The smallest absolute Gasteiger partial charge is 0.232 e. The first-order valence-corrected chi connectivity index (χ1v) is 8.93. The summed E-state index contributed by atoms with van der Waals surface area (Å²) < 4.78 is 0. The van der Waals surface area contributed by atoms with Crippen LogP contribution in [0.25, 0.3) is 0 Å². The number of rotatable bonds is 5. The molecule has 0 spiro atoms. The minimum absolute atomic E-state index is 0.126. The third-order valence-corrected chi connectivity index (χ3v) is 5.27. The maximum atomic E-state index is 12.3. The van der Waals surface area contributed by atoms with Gasteiger partial charge in [0.2, 0.25) is 5.91 Å². The fourth-order valence-corrected chi connectivity index (χ4v) is 3.70. The molecule has 5 heteroatoms. The number of nitrogens with zero attached hydrogens (tertiary/aromatic N) is 1. The van der Waals surface area contributed by atoms with Gasteiger partial charge in [0.25, 0.3) is 0 Å². The molecule has 4 nitrogen and oxygen atoms in total. The van der Waals surface area contributed by atoms with Crippen LogP contribution in [0.3, 0.4) is 0 Å². The Labute approximate surface area is 136 Å². The van der Waals surface area contributed by atoms with E-state index in [1.54, 1.807) is 11.8 Å². The summed E-state index contributed by atoms with van der Waals surface area (Å²) in [6.45, 7) is 3.06. The Bertz CT molecular complexity index is 508. The summed E-state index contributed by atoms with van der Waals surface area (Å²) in [6.07, 6.45) is 1.76. The van der Waals surface area contributed by atoms with Crippen molar-refractivity contribution in [2.75, 3.05) is 25.4 Å². The van der Waals surface area contributed by atoms with E-state index in [2.05, 4.69) is 19.1 Å². The molecule has 1 aromatic rings. The van der Waals surface area contributed by atoms with E-state index in [0.29, 0.717) is 31.7 Å². The summed E-state index contributed by atoms with van der Waals surface area (Å²) in [6, 6.07) is 8.23. The topological polar surface area (TPSA) is 60.8 Å². The highest BCUT2D eigenvalue weighted by Gasteiger charge is 2.30. The van der Waals surface area contributed by atoms with Crippen molar-refractivity contribution in [3.8, 4) is 0 Å². The van der Waals surface area contributed by atoms with Gasteiger partial charge in [-0.15, -0.1) is 11.8 Å². The Balaban J connectivity index is 1.79. The Hall–Kier alpha value is -1.04. The molecule has 1 saturated heterocycles. The molecule has 1 amide bonds. The molecule has 0 aliphatic carbocycles. The number of amides is 1. The number of aryl methyl sites for hydroxylation is 1. The summed E-state index contributed by atoms with van der Waals surface area (Å²) in [7, 11) is 0. The van der Waals surface area contributed by atoms with E-state index in [0.717, 1.165) is 12.2 Å². The molecule has 1 aliphatic rings. The normalized spacial score (nSPS) is 22.4. The second-order valence-electron chi connectivity index (χ2n) is 6.04. The van der Waals surface area contributed by atoms with Crippen LogP contribution in [0, 0.1) is 6.92 Å². The van der Waals surface area contributed by atoms with Crippen molar-refractivity contribution in [3.63, 3.8) is 0 Å². The third kappa shape index (κ3) is 4.73. The summed E-state index contributed by atoms with van der Waals surface area (Å²) in [5.74, 6) is 1.43. The van der Waals surface area contributed by atoms with E-state index < -0.39 is 5.60 Å². The third-order valence-electron chi connectivity index (χ3n) is 4.31. The Morgan fingerprint density at radius 2 is 2.09 bits per heavy atom. The van der Waals surface area contributed by atoms with Crippen LogP contribution in [-0.4, -0.2) is 52.1 Å². The molecule has 1 aliphatic heterocycles. The van der Waals surface area contributed by atoms with Gasteiger partial charge in [-0.2, -0.15) is 0 Å². The number of aliphatic hydroxyl groups is 2. The standard InChI is InChI=1S/C17H25NO3S/c1-14-5-2-3-6-15(14)11-22-12-16(20)18-9-4-7-17(21,13-19)8-10-18/h2-3,5-6,19,21H,4,7-13H2,1H3. The number of hydrogen-bond donors (Lipinski definition) is 2. The molecule has 0 saturated carbocycles. The second kappa shape index (κ2) is 7.99. The maximum absolute atomic E-state index is 12.3. The summed E-state index contributed by atoms with van der Waals surface area (Å²) in [4.78, 5) is 14.1. The van der Waals surface area contributed by atoms with Crippen molar-refractivity contribution in [2.45, 2.75) is 37.5 Å². The highest BCUT2D eigenvalue weighted by molar-refractivity contribution is 7.99. The zero-order valence-electron chi connectivity index (χ0n) is 13.1. The van der Waals surface area contributed by atoms with E-state index in [1.165, 1.54) is 11.1 Å². The Kier molecular flexibility index (Phi) is 6.29. The number of benzene rings is 1. The Morgan fingerprint density at radius 1 is 1.32 bits per heavy atom. The summed E-state index contributed by atoms with van der Waals surface area (Å²) in [5, 5.41) is 19.4. The second-order valence-corrected chi connectivity index (χ2v) is 7.02. The van der Waals surface area contributed by atoms with Crippen molar-refractivity contribution in [1.29, 1.82) is 0 Å². The summed E-state index contributed by atoms with van der Waals surface area (Å²) in [5.41, 5.74) is 1.51. The van der Waals surface area contributed by atoms with E-state index >= 15 is 0 Å². The van der Waals surface area contributed by atoms with Gasteiger partial charge in [0.1, 0.15) is 0 Å². The van der Waals surface area contributed by atoms with E-state index in [4.69, 9.17) is 0 Å². The first-order valence-electron chi connectivity index (χ1n) is 7.77. The minimum atomic E-state index is -1.01. The molecule has 1 atom stereocenters. The molecule has 22 heavy (non-hydrogen) atoms. The number of carbonyl (C=O) groups is 1. The molecule has 0 bridgehead atoms. The number of hydrogen-bond acceptors (Lipinski definition) is 4. The lowest BCUT2D eigenvalue weighted by Gasteiger charge is -2.24. The first kappa shape index (κ1) is 17.3. The zero-order chi connectivity index (χ0) is 16.0. The number of likely N-dealkylation sites (tertiary alicyclic amines) is 1. The predicted octanol–water partition coefficient (Wildman–Crippen LogP) is 1.96. The average Bonchev–Trinajstić information content (AvgIpc) is 2.72. The molecular weight excluding hydrogens is 298 g/mol. The fourth-order valence-electron chi connectivity index (χ4n) is 2.70. The van der Waals surface area contributed by atoms with Gasteiger partial charge in [-0.1, -0.05) is 24.3 Å². The van der Waals surface area contributed by atoms with Crippen molar-refractivity contribution in [1.82, 2.24) is 4.90 Å². The molecule has 2 N–H and O–H groups in total. The molecule has 1 heterocycles. The van der Waals surface area contributed by atoms with Gasteiger partial charge < -0.3 is 15.1 Å². The number of thioether (sulfide) groups is 1. The molecule has 1 fully saturated rings. The molecule has 1 unspecified atom stereocenters. The zero-order valence-corrected chi connectivity index (χ0v) is 13.9. The van der Waals surface area contributed by atoms with Gasteiger partial charge >= 0.3 is 0 Å². The van der Waals surface area contributed by atoms with Crippen LogP contribution in [-0.2, 0) is 10.5 Å². The lowest BCUT2D eigenvalue weighted by molar-refractivity contribution is -0.128. The van der Waals surface area contributed by atoms with Crippen LogP contribution in [0.5, 0.6) is 0 Å². The highest BCUT2D eigenvalue weighted by atomic mass is 32.2. The maximum Gasteiger partial charge on any atom is 0.232 e. The van der Waals surface area contributed by atoms with Gasteiger partial charge in [0.05, 0.1) is 18.0 Å². The van der Waals surface area contributed by atoms with Gasteiger partial charge in [0, 0.05) is 18.8 Å². The van der Waals surface area contributed by atoms with Gasteiger partial charge in [-0.3, -0.25) is 4.79 Å². The van der Waals surface area contributed by atoms with Crippen molar-refractivity contribution in [3.05, 3.63) is 35.4 Å². The van der Waals surface area contributed by atoms with Gasteiger partial charge in [0.15, 0.2) is 0 Å². The predicted molar refractivity (Wildman–Crippen MR) is 89.8 cm³/mol. The molecule has 2 rings (SSSR count). The fraction of sp³-hybridized carbons (Fsp3) is 0.588. The Morgan fingerprint density at radius 3 is 2.82 bits per heavy atom. The van der Waals surface area contributed by atoms with Crippen LogP contribution >= 0.6 is 11.8 Å². The van der Waals surface area contributed by atoms with E-state index in [-0.39, 0.29) is 12.5 Å². The number of carbonyl (C=O) groups excluding carboxylic acids is 1. The van der Waals surface area contributed by atoms with Crippen LogP contribution < -0.4 is 0 Å². The lowest BCUT2D eigenvalue weighted by Crippen LogP contribution is -2.37. The largest absolute Gasteiger partial charge is 0.393 e. The van der Waals surface area contributed by atoms with Gasteiger partial charge in [-0.05, 0) is 37.3 Å². The molecule has 1 aromatic carbocycles. The minimum Gasteiger partial charge on any atom is -0.393 e. The molecule has 122 valence electrons. The lowest BCUT2D eigenvalue weighted by atomic mass is 9.96. The van der Waals surface area contributed by atoms with Crippen LogP contribution in [0.4, 0.5) is 0 Å². The van der Waals surface area contributed by atoms with Crippen LogP contribution in [0.1, 0.15) is 30.4 Å². The van der Waals surface area contributed by atoms with E-state index in [9.17, 15) is 15.0 Å². The monoisotopic (exact) mass is 323 g/mol. The van der Waals surface area contributed by atoms with Crippen LogP contribution in [0.2, 0.25) is 0 Å². The number of aliphatic hydroxyl groups excluding tert-OH is 1. The van der Waals surface area contributed by atoms with Crippen molar-refractivity contribution in [2.24, 2.45) is 0 Å². The van der Waals surface area contributed by atoms with E-state index in [1.807, 2.05) is 17.0 Å². The quantitative estimate of drug-likeness (QED) is 0.870. The summed E-state index contributed by atoms with van der Waals surface area (Å²) >= 11 is 1.63. The first-order chi connectivity index (χ1) is 10.5. The van der Waals surface area contributed by atoms with Crippen molar-refractivity contribution >= 4 is 17.7 Å². The average molecular weight is 323 g/mol. The van der Waals surface area contributed by atoms with Crippen molar-refractivity contribution < 1.29 is 15.0 Å². The molecule has 0 radical (unpaired) electrons. The SMILES string of the molecule is Cc1ccccc1CSCC(=O)N1CCCC(O)(CO)CC1. The van der Waals surface area contributed by atoms with Crippen LogP contribution in [0.15, 0.2) is 24.3 Å². The molecule has 0 aromatic heterocycles.